The molecule has 2 nitrogen and oxygen atoms in total. The Bertz CT molecular complexity index is 635. The van der Waals surface area contributed by atoms with Crippen molar-refractivity contribution in [2.45, 2.75) is 4.90 Å². The highest BCUT2D eigenvalue weighted by Crippen LogP contribution is 2.38. The van der Waals surface area contributed by atoms with Gasteiger partial charge in [-0.25, -0.2) is 0 Å². The fraction of sp³-hybridized carbons (Fsp3) is 0. The molecule has 0 amide bonds. The molecule has 0 aliphatic carbocycles. The molecule has 0 spiro atoms. The first-order chi connectivity index (χ1) is 8.27. The number of hydrogen-bond donors (Lipinski definition) is 1. The van der Waals surface area contributed by atoms with Crippen molar-refractivity contribution in [3.8, 4) is 5.75 Å². The first-order valence-electron chi connectivity index (χ1n) is 5.13. The lowest BCUT2D eigenvalue weighted by Crippen LogP contribution is -1.90. The molecular weight excluding hydrogens is 250 g/mol. The van der Waals surface area contributed by atoms with Crippen molar-refractivity contribution in [1.82, 2.24) is 4.98 Å². The monoisotopic (exact) mass is 259 g/mol. The van der Waals surface area contributed by atoms with E-state index in [0.29, 0.717) is 0 Å². The molecule has 1 atom stereocenters. The lowest BCUT2D eigenvalue weighted by Gasteiger charge is -2.04. The van der Waals surface area contributed by atoms with Gasteiger partial charge < -0.3 is 5.11 Å². The molecule has 0 saturated heterocycles. The van der Waals surface area contributed by atoms with Crippen LogP contribution in [0.25, 0.3) is 11.0 Å². The molecule has 1 aromatic heterocycles. The van der Waals surface area contributed by atoms with E-state index in [0.717, 1.165) is 20.9 Å². The fourth-order valence-electron chi connectivity index (χ4n) is 1.83. The van der Waals surface area contributed by atoms with E-state index in [2.05, 4.69) is 4.98 Å². The highest BCUT2D eigenvalue weighted by molar-refractivity contribution is 8.34. The van der Waals surface area contributed by atoms with Gasteiger partial charge in [0, 0.05) is 21.6 Å². The first kappa shape index (κ1) is 10.6. The number of benzene rings is 1. The van der Waals surface area contributed by atoms with Crippen LogP contribution in [0.4, 0.5) is 0 Å². The summed E-state index contributed by atoms with van der Waals surface area (Å²) in [5.74, 6) is 0.204. The van der Waals surface area contributed by atoms with E-state index in [1.165, 1.54) is 6.20 Å². The highest BCUT2D eigenvalue weighted by atomic mass is 32.8. The molecule has 2 aromatic rings. The summed E-state index contributed by atoms with van der Waals surface area (Å²) in [7, 11) is -0.425. The number of nitrogens with zero attached hydrogens (tertiary/aromatic N) is 1. The van der Waals surface area contributed by atoms with E-state index in [1.54, 1.807) is 6.20 Å². The average Bonchev–Trinajstić information content (AvgIpc) is 2.70. The van der Waals surface area contributed by atoms with E-state index in [4.69, 9.17) is 11.2 Å². The smallest absolute Gasteiger partial charge is 0.142 e. The number of hydrogen-bond acceptors (Lipinski definition) is 3. The number of rotatable bonds is 1. The van der Waals surface area contributed by atoms with Crippen LogP contribution in [-0.4, -0.2) is 10.1 Å². The maximum atomic E-state index is 9.76. The summed E-state index contributed by atoms with van der Waals surface area (Å²) in [6, 6.07) is 10.0. The van der Waals surface area contributed by atoms with E-state index in [-0.39, 0.29) is 5.75 Å². The summed E-state index contributed by atoms with van der Waals surface area (Å²) in [5, 5.41) is 9.76. The SMILES string of the molecule is Oc1cncc2c1C=C(c1ccccc1)S2=S. The van der Waals surface area contributed by atoms with Gasteiger partial charge in [-0.05, 0) is 22.8 Å². The molecule has 84 valence electrons. The number of aromatic hydroxyl groups is 1. The Kier molecular flexibility index (Phi) is 2.53. The van der Waals surface area contributed by atoms with Gasteiger partial charge in [-0.1, -0.05) is 39.8 Å². The zero-order valence-corrected chi connectivity index (χ0v) is 10.5. The van der Waals surface area contributed by atoms with Crippen LogP contribution < -0.4 is 0 Å². The van der Waals surface area contributed by atoms with Crippen LogP contribution in [0.3, 0.4) is 0 Å². The van der Waals surface area contributed by atoms with Gasteiger partial charge in [0.05, 0.1) is 6.20 Å². The van der Waals surface area contributed by atoms with Gasteiger partial charge in [-0.15, -0.1) is 0 Å². The van der Waals surface area contributed by atoms with Crippen LogP contribution in [0.5, 0.6) is 5.75 Å². The molecule has 1 aliphatic heterocycles. The number of fused-ring (bicyclic) bond motifs is 1. The number of pyridine rings is 1. The molecule has 0 fully saturated rings. The second-order valence-corrected chi connectivity index (χ2v) is 6.13. The Labute approximate surface area is 106 Å². The van der Waals surface area contributed by atoms with Crippen molar-refractivity contribution < 1.29 is 5.11 Å². The maximum Gasteiger partial charge on any atom is 0.142 e. The predicted octanol–water partition coefficient (Wildman–Crippen LogP) is 2.74. The quantitative estimate of drug-likeness (QED) is 0.855. The molecule has 0 radical (unpaired) electrons. The van der Waals surface area contributed by atoms with Gasteiger partial charge in [0.15, 0.2) is 0 Å². The van der Waals surface area contributed by atoms with Crippen molar-refractivity contribution in [2.75, 3.05) is 0 Å². The molecule has 4 heteroatoms. The van der Waals surface area contributed by atoms with Gasteiger partial charge in [0.2, 0.25) is 0 Å². The molecule has 1 unspecified atom stereocenters. The van der Waals surface area contributed by atoms with E-state index >= 15 is 0 Å². The molecule has 0 bridgehead atoms. The van der Waals surface area contributed by atoms with Crippen LogP contribution in [-0.2, 0) is 20.6 Å². The van der Waals surface area contributed by atoms with Crippen LogP contribution in [0, 0.1) is 0 Å². The Balaban J connectivity index is 2.16. The second-order valence-electron chi connectivity index (χ2n) is 3.71. The number of aromatic nitrogens is 1. The Hall–Kier alpha value is -1.52. The summed E-state index contributed by atoms with van der Waals surface area (Å²) < 4.78 is 0. The summed E-state index contributed by atoms with van der Waals surface area (Å²) in [6.07, 6.45) is 5.17. The molecule has 1 aromatic carbocycles. The molecule has 0 saturated carbocycles. The Morgan fingerprint density at radius 2 is 1.88 bits per heavy atom. The van der Waals surface area contributed by atoms with Crippen LogP contribution in [0.2, 0.25) is 0 Å². The van der Waals surface area contributed by atoms with Gasteiger partial charge in [0.1, 0.15) is 5.75 Å². The van der Waals surface area contributed by atoms with Crippen LogP contribution in [0.15, 0.2) is 47.6 Å². The van der Waals surface area contributed by atoms with E-state index < -0.39 is 9.45 Å². The average molecular weight is 259 g/mol. The summed E-state index contributed by atoms with van der Waals surface area (Å²) in [6.45, 7) is 0. The minimum absolute atomic E-state index is 0.204. The summed E-state index contributed by atoms with van der Waals surface area (Å²) in [4.78, 5) is 6.02. The minimum Gasteiger partial charge on any atom is -0.506 e. The molecule has 2 heterocycles. The Morgan fingerprint density at radius 3 is 2.59 bits per heavy atom. The van der Waals surface area contributed by atoms with E-state index in [1.807, 2.05) is 36.4 Å². The molecule has 3 rings (SSSR count). The third kappa shape index (κ3) is 1.69. The Morgan fingerprint density at radius 1 is 1.12 bits per heavy atom. The minimum atomic E-state index is -0.425. The van der Waals surface area contributed by atoms with E-state index in [9.17, 15) is 5.11 Å². The lowest BCUT2D eigenvalue weighted by atomic mass is 10.1. The van der Waals surface area contributed by atoms with Crippen molar-refractivity contribution in [1.29, 1.82) is 0 Å². The van der Waals surface area contributed by atoms with Crippen molar-refractivity contribution in [3.05, 3.63) is 53.9 Å². The normalized spacial score (nSPS) is 17.6. The zero-order chi connectivity index (χ0) is 11.8. The third-order valence-corrected chi connectivity index (χ3v) is 5.22. The van der Waals surface area contributed by atoms with Crippen LogP contribution >= 0.6 is 0 Å². The molecule has 17 heavy (non-hydrogen) atoms. The first-order valence-corrected chi connectivity index (χ1v) is 7.28. The van der Waals surface area contributed by atoms with Gasteiger partial charge in [0.25, 0.3) is 0 Å². The zero-order valence-electron chi connectivity index (χ0n) is 8.83. The van der Waals surface area contributed by atoms with Gasteiger partial charge >= 0.3 is 0 Å². The summed E-state index contributed by atoms with van der Waals surface area (Å²) >= 11 is 5.53. The predicted molar refractivity (Wildman–Crippen MR) is 73.2 cm³/mol. The van der Waals surface area contributed by atoms with Crippen LogP contribution in [0.1, 0.15) is 11.1 Å². The van der Waals surface area contributed by atoms with Crippen molar-refractivity contribution >= 4 is 31.6 Å². The summed E-state index contributed by atoms with van der Waals surface area (Å²) in [5.41, 5.74) is 1.93. The standard InChI is InChI=1S/C13H9NOS2/c15-11-7-14-8-13-10(11)6-12(17(13)16)9-4-2-1-3-5-9/h1-8,15H. The fourth-order valence-corrected chi connectivity index (χ4v) is 3.99. The van der Waals surface area contributed by atoms with Gasteiger partial charge in [-0.2, -0.15) is 0 Å². The highest BCUT2D eigenvalue weighted by Gasteiger charge is 2.21. The van der Waals surface area contributed by atoms with Crippen molar-refractivity contribution in [3.63, 3.8) is 0 Å². The largest absolute Gasteiger partial charge is 0.506 e. The maximum absolute atomic E-state index is 9.76. The molecule has 1 aliphatic rings. The lowest BCUT2D eigenvalue weighted by molar-refractivity contribution is 0.469. The van der Waals surface area contributed by atoms with Gasteiger partial charge in [-0.3, -0.25) is 4.98 Å². The third-order valence-electron chi connectivity index (χ3n) is 2.66. The topological polar surface area (TPSA) is 33.1 Å². The molecular formula is C13H9NOS2. The second kappa shape index (κ2) is 4.05. The molecule has 1 N–H and O–H groups in total. The van der Waals surface area contributed by atoms with Crippen molar-refractivity contribution in [2.24, 2.45) is 0 Å².